The quantitative estimate of drug-likeness (QED) is 0.749. The van der Waals surface area contributed by atoms with Crippen LogP contribution in [0.25, 0.3) is 0 Å². The number of benzene rings is 1. The number of sulfonamides is 1. The molecule has 3 amide bonds. The maximum absolute atomic E-state index is 12.4. The molecular formula is C14H15N3O6S. The van der Waals surface area contributed by atoms with E-state index in [2.05, 4.69) is 9.71 Å². The maximum Gasteiger partial charge on any atom is 0.347 e. The summed E-state index contributed by atoms with van der Waals surface area (Å²) in [7, 11) is -4.21. The number of aliphatic imine (C=N–C) groups is 1. The molecule has 1 aromatic rings. The van der Waals surface area contributed by atoms with Gasteiger partial charge in [0.05, 0.1) is 17.9 Å². The monoisotopic (exact) mass is 353 g/mol. The number of carbonyl (C=O) groups is 3. The summed E-state index contributed by atoms with van der Waals surface area (Å²) in [6, 6.07) is 4.73. The Balaban J connectivity index is 2.28. The molecular weight excluding hydrogens is 338 g/mol. The average molecular weight is 353 g/mol. The predicted octanol–water partition coefficient (Wildman–Crippen LogP) is 0.684. The topological polar surface area (TPSA) is 131 Å². The normalized spacial score (nSPS) is 17.8. The van der Waals surface area contributed by atoms with Crippen LogP contribution in [0.5, 0.6) is 0 Å². The summed E-state index contributed by atoms with van der Waals surface area (Å²) in [6.07, 6.45) is 0. The van der Waals surface area contributed by atoms with Gasteiger partial charge >= 0.3 is 12.0 Å². The highest BCUT2D eigenvalue weighted by Gasteiger charge is 2.39. The van der Waals surface area contributed by atoms with E-state index in [1.54, 1.807) is 6.92 Å². The van der Waals surface area contributed by atoms with E-state index in [-0.39, 0.29) is 23.6 Å². The van der Waals surface area contributed by atoms with Gasteiger partial charge < -0.3 is 4.74 Å². The van der Waals surface area contributed by atoms with Crippen molar-refractivity contribution >= 4 is 39.3 Å². The van der Waals surface area contributed by atoms with Crippen LogP contribution in [0.4, 0.5) is 10.5 Å². The van der Waals surface area contributed by atoms with E-state index >= 15 is 0 Å². The summed E-state index contributed by atoms with van der Waals surface area (Å²) >= 11 is 0. The van der Waals surface area contributed by atoms with Gasteiger partial charge in [-0.1, -0.05) is 6.07 Å². The lowest BCUT2D eigenvalue weighted by Crippen LogP contribution is -2.51. The summed E-state index contributed by atoms with van der Waals surface area (Å²) in [5, 5.41) is 0.202. The molecule has 1 unspecified atom stereocenters. The van der Waals surface area contributed by atoms with Crippen LogP contribution in [0.1, 0.15) is 24.2 Å². The predicted molar refractivity (Wildman–Crippen MR) is 85.4 cm³/mol. The molecule has 9 nitrogen and oxygen atoms in total. The van der Waals surface area contributed by atoms with Gasteiger partial charge in [0.2, 0.25) is 10.0 Å². The van der Waals surface area contributed by atoms with Crippen molar-refractivity contribution in [3.8, 4) is 0 Å². The molecule has 0 bridgehead atoms. The number of carbonyl (C=O) groups excluding carboxylic acids is 3. The Morgan fingerprint density at radius 3 is 2.71 bits per heavy atom. The molecule has 24 heavy (non-hydrogen) atoms. The molecule has 0 aliphatic carbocycles. The van der Waals surface area contributed by atoms with E-state index < -0.39 is 33.2 Å². The molecule has 0 spiro atoms. The number of anilines is 1. The molecule has 1 atom stereocenters. The van der Waals surface area contributed by atoms with E-state index in [4.69, 9.17) is 4.74 Å². The zero-order valence-corrected chi connectivity index (χ0v) is 13.7. The van der Waals surface area contributed by atoms with Gasteiger partial charge in [-0.2, -0.15) is 0 Å². The van der Waals surface area contributed by atoms with Crippen LogP contribution >= 0.6 is 0 Å². The Bertz CT molecular complexity index is 831. The number of imide groups is 1. The lowest BCUT2D eigenvalue weighted by atomic mass is 10.2. The van der Waals surface area contributed by atoms with Crippen LogP contribution in [0, 0.1) is 0 Å². The summed E-state index contributed by atoms with van der Waals surface area (Å²) < 4.78 is 31.9. The SMILES string of the molecule is CCOC(=O)c1cccc(NS(=O)(=O)C2C(=O)NC(=O)N=C2C)c1. The molecule has 0 fully saturated rings. The molecule has 1 aliphatic heterocycles. The molecule has 2 N–H and O–H groups in total. The summed E-state index contributed by atoms with van der Waals surface area (Å²) in [4.78, 5) is 38.0. The van der Waals surface area contributed by atoms with Gasteiger partial charge in [-0.25, -0.2) is 23.0 Å². The van der Waals surface area contributed by atoms with E-state index in [1.165, 1.54) is 31.2 Å². The van der Waals surface area contributed by atoms with E-state index in [1.807, 2.05) is 5.32 Å². The summed E-state index contributed by atoms with van der Waals surface area (Å²) in [5.74, 6) is -1.58. The maximum atomic E-state index is 12.4. The van der Waals surface area contributed by atoms with Gasteiger partial charge in [-0.15, -0.1) is 0 Å². The van der Waals surface area contributed by atoms with Crippen LogP contribution in [0.3, 0.4) is 0 Å². The molecule has 128 valence electrons. The number of rotatable bonds is 5. The highest BCUT2D eigenvalue weighted by molar-refractivity contribution is 7.94. The molecule has 1 aliphatic rings. The second-order valence-corrected chi connectivity index (χ2v) is 6.64. The van der Waals surface area contributed by atoms with Gasteiger partial charge in [0.25, 0.3) is 5.91 Å². The Labute approximate surface area is 138 Å². The minimum atomic E-state index is -4.21. The third-order valence-electron chi connectivity index (χ3n) is 3.07. The fourth-order valence-corrected chi connectivity index (χ4v) is 3.54. The Kier molecular flexibility index (Phi) is 4.98. The molecule has 1 heterocycles. The number of ether oxygens (including phenoxy) is 1. The number of hydrogen-bond donors (Lipinski definition) is 2. The number of nitrogens with zero attached hydrogens (tertiary/aromatic N) is 1. The smallest absolute Gasteiger partial charge is 0.347 e. The largest absolute Gasteiger partial charge is 0.462 e. The number of nitrogens with one attached hydrogen (secondary N) is 2. The van der Waals surface area contributed by atoms with Crippen molar-refractivity contribution in [2.24, 2.45) is 4.99 Å². The number of urea groups is 1. The fourth-order valence-electron chi connectivity index (χ4n) is 2.12. The third-order valence-corrected chi connectivity index (χ3v) is 4.77. The number of amides is 3. The van der Waals surface area contributed by atoms with Crippen molar-refractivity contribution in [3.05, 3.63) is 29.8 Å². The van der Waals surface area contributed by atoms with E-state index in [9.17, 15) is 22.8 Å². The molecule has 0 saturated carbocycles. The average Bonchev–Trinajstić information content (AvgIpc) is 2.45. The van der Waals surface area contributed by atoms with Crippen LogP contribution < -0.4 is 10.0 Å². The summed E-state index contributed by atoms with van der Waals surface area (Å²) in [6.45, 7) is 3.10. The van der Waals surface area contributed by atoms with Crippen LogP contribution in [-0.2, 0) is 19.6 Å². The van der Waals surface area contributed by atoms with Crippen LogP contribution in [0.2, 0.25) is 0 Å². The highest BCUT2D eigenvalue weighted by Crippen LogP contribution is 2.17. The van der Waals surface area contributed by atoms with Gasteiger partial charge in [0, 0.05) is 5.69 Å². The Morgan fingerprint density at radius 2 is 2.08 bits per heavy atom. The molecule has 0 saturated heterocycles. The first-order valence-electron chi connectivity index (χ1n) is 6.93. The highest BCUT2D eigenvalue weighted by atomic mass is 32.2. The standard InChI is InChI=1S/C14H15N3O6S/c1-3-23-13(19)9-5-4-6-10(7-9)17-24(21,22)11-8(2)15-14(20)16-12(11)18/h4-7,11,17H,3H2,1-2H3,(H,16,18,20). The Hall–Kier alpha value is -2.75. The van der Waals surface area contributed by atoms with Gasteiger partial charge in [-0.3, -0.25) is 14.8 Å². The van der Waals surface area contributed by atoms with Crippen molar-refractivity contribution < 1.29 is 27.5 Å². The van der Waals surface area contributed by atoms with Gasteiger partial charge in [0.1, 0.15) is 0 Å². The number of esters is 1. The molecule has 0 aromatic heterocycles. The van der Waals surface area contributed by atoms with Crippen molar-refractivity contribution in [1.82, 2.24) is 5.32 Å². The minimum Gasteiger partial charge on any atom is -0.462 e. The van der Waals surface area contributed by atoms with Crippen LogP contribution in [-0.4, -0.2) is 43.9 Å². The zero-order chi connectivity index (χ0) is 17.9. The van der Waals surface area contributed by atoms with Crippen molar-refractivity contribution in [3.63, 3.8) is 0 Å². The first kappa shape index (κ1) is 17.6. The Morgan fingerprint density at radius 1 is 1.38 bits per heavy atom. The van der Waals surface area contributed by atoms with Crippen LogP contribution in [0.15, 0.2) is 29.3 Å². The fraction of sp³-hybridized carbons (Fsp3) is 0.286. The van der Waals surface area contributed by atoms with E-state index in [0.29, 0.717) is 0 Å². The first-order chi connectivity index (χ1) is 11.2. The molecule has 1 aromatic carbocycles. The lowest BCUT2D eigenvalue weighted by Gasteiger charge is -2.20. The molecule has 0 radical (unpaired) electrons. The summed E-state index contributed by atoms with van der Waals surface area (Å²) in [5.41, 5.74) is 0.0987. The lowest BCUT2D eigenvalue weighted by molar-refractivity contribution is -0.118. The number of hydrogen-bond acceptors (Lipinski definition) is 6. The first-order valence-corrected chi connectivity index (χ1v) is 8.48. The van der Waals surface area contributed by atoms with Gasteiger partial charge in [0.15, 0.2) is 5.25 Å². The third kappa shape index (κ3) is 3.77. The second kappa shape index (κ2) is 6.79. The van der Waals surface area contributed by atoms with Crippen molar-refractivity contribution in [2.45, 2.75) is 19.1 Å². The molecule has 10 heteroatoms. The van der Waals surface area contributed by atoms with E-state index in [0.717, 1.165) is 0 Å². The van der Waals surface area contributed by atoms with Crippen molar-refractivity contribution in [2.75, 3.05) is 11.3 Å². The molecule has 2 rings (SSSR count). The second-order valence-electron chi connectivity index (χ2n) is 4.88. The minimum absolute atomic E-state index is 0.0815. The van der Waals surface area contributed by atoms with Gasteiger partial charge in [-0.05, 0) is 32.0 Å². The zero-order valence-electron chi connectivity index (χ0n) is 12.9. The van der Waals surface area contributed by atoms with Crippen molar-refractivity contribution in [1.29, 1.82) is 0 Å².